The van der Waals surface area contributed by atoms with E-state index in [9.17, 15) is 9.59 Å². The second-order valence-electron chi connectivity index (χ2n) is 5.80. The predicted molar refractivity (Wildman–Crippen MR) is 82.6 cm³/mol. The number of amides is 1. The molecule has 1 amide bonds. The van der Waals surface area contributed by atoms with Crippen LogP contribution < -0.4 is 5.32 Å². The van der Waals surface area contributed by atoms with Crippen LogP contribution in [0.5, 0.6) is 0 Å². The summed E-state index contributed by atoms with van der Waals surface area (Å²) in [5.41, 5.74) is 1.87. The Morgan fingerprint density at radius 1 is 1.10 bits per heavy atom. The Morgan fingerprint density at radius 3 is 2.19 bits per heavy atom. The van der Waals surface area contributed by atoms with Gasteiger partial charge in [-0.25, -0.2) is 0 Å². The van der Waals surface area contributed by atoms with Crippen molar-refractivity contribution >= 4 is 11.9 Å². The summed E-state index contributed by atoms with van der Waals surface area (Å²) in [6.07, 6.45) is 1.20. The summed E-state index contributed by atoms with van der Waals surface area (Å²) in [4.78, 5) is 23.1. The van der Waals surface area contributed by atoms with Gasteiger partial charge in [0.15, 0.2) is 0 Å². The maximum Gasteiger partial charge on any atom is 0.308 e. The minimum atomic E-state index is -0.155. The van der Waals surface area contributed by atoms with Crippen LogP contribution in [0.3, 0.4) is 0 Å². The lowest BCUT2D eigenvalue weighted by molar-refractivity contribution is -0.149. The van der Waals surface area contributed by atoms with Crippen LogP contribution in [0, 0.1) is 11.8 Å². The average Bonchev–Trinajstić information content (AvgIpc) is 2.45. The molecule has 1 N–H and O–H groups in total. The van der Waals surface area contributed by atoms with Crippen LogP contribution in [0.4, 0.5) is 0 Å². The van der Waals surface area contributed by atoms with E-state index in [4.69, 9.17) is 4.74 Å². The number of nitrogens with one attached hydrogen (secondary N) is 1. The summed E-state index contributed by atoms with van der Waals surface area (Å²) in [6, 6.07) is 7.54. The molecule has 21 heavy (non-hydrogen) atoms. The molecule has 1 aromatic rings. The molecule has 0 bridgehead atoms. The SMILES string of the molecule is CNC(=O)Cc1ccc(COC(=O)C(C)CC(C)C)cc1. The fourth-order valence-corrected chi connectivity index (χ4v) is 2.13. The number of likely N-dealkylation sites (N-methyl/N-ethyl adjacent to an activating group) is 1. The quantitative estimate of drug-likeness (QED) is 0.786. The maximum absolute atomic E-state index is 11.8. The van der Waals surface area contributed by atoms with Crippen molar-refractivity contribution in [3.63, 3.8) is 0 Å². The molecule has 0 aliphatic rings. The van der Waals surface area contributed by atoms with Crippen LogP contribution in [0.25, 0.3) is 0 Å². The molecule has 4 heteroatoms. The largest absolute Gasteiger partial charge is 0.461 e. The molecule has 0 saturated heterocycles. The summed E-state index contributed by atoms with van der Waals surface area (Å²) in [6.45, 7) is 6.36. The molecule has 0 heterocycles. The van der Waals surface area contributed by atoms with Crippen molar-refractivity contribution in [3.8, 4) is 0 Å². The van der Waals surface area contributed by atoms with Gasteiger partial charge in [-0.1, -0.05) is 45.0 Å². The van der Waals surface area contributed by atoms with Crippen LogP contribution in [-0.2, 0) is 27.4 Å². The van der Waals surface area contributed by atoms with Crippen LogP contribution in [-0.4, -0.2) is 18.9 Å². The highest BCUT2D eigenvalue weighted by molar-refractivity contribution is 5.78. The summed E-state index contributed by atoms with van der Waals surface area (Å²) in [5.74, 6) is 0.240. The number of carbonyl (C=O) groups is 2. The molecule has 4 nitrogen and oxygen atoms in total. The molecule has 0 aromatic heterocycles. The van der Waals surface area contributed by atoms with Gasteiger partial charge in [0, 0.05) is 7.05 Å². The molecule has 1 aromatic carbocycles. The monoisotopic (exact) mass is 291 g/mol. The summed E-state index contributed by atoms with van der Waals surface area (Å²) >= 11 is 0. The zero-order valence-electron chi connectivity index (χ0n) is 13.3. The van der Waals surface area contributed by atoms with Gasteiger partial charge in [0.2, 0.25) is 5.91 Å². The van der Waals surface area contributed by atoms with Crippen LogP contribution in [0.2, 0.25) is 0 Å². The Balaban J connectivity index is 2.45. The first-order chi connectivity index (χ1) is 9.92. The standard InChI is InChI=1S/C17H25NO3/c1-12(2)9-13(3)17(20)21-11-15-7-5-14(6-8-15)10-16(19)18-4/h5-8,12-13H,9-11H2,1-4H3,(H,18,19). The summed E-state index contributed by atoms with van der Waals surface area (Å²) < 4.78 is 5.31. The molecule has 0 saturated carbocycles. The molecule has 0 radical (unpaired) electrons. The Hall–Kier alpha value is -1.84. The van der Waals surface area contributed by atoms with Crippen molar-refractivity contribution in [2.24, 2.45) is 11.8 Å². The van der Waals surface area contributed by atoms with Crippen molar-refractivity contribution in [1.82, 2.24) is 5.32 Å². The first-order valence-electron chi connectivity index (χ1n) is 7.37. The van der Waals surface area contributed by atoms with Crippen molar-refractivity contribution < 1.29 is 14.3 Å². The van der Waals surface area contributed by atoms with Crippen LogP contribution in [0.15, 0.2) is 24.3 Å². The van der Waals surface area contributed by atoms with Crippen molar-refractivity contribution in [1.29, 1.82) is 0 Å². The number of ether oxygens (including phenoxy) is 1. The number of esters is 1. The number of rotatable bonds is 7. The fraction of sp³-hybridized carbons (Fsp3) is 0.529. The zero-order valence-corrected chi connectivity index (χ0v) is 13.3. The topological polar surface area (TPSA) is 55.4 Å². The van der Waals surface area contributed by atoms with E-state index >= 15 is 0 Å². The number of hydrogen-bond acceptors (Lipinski definition) is 3. The van der Waals surface area contributed by atoms with E-state index in [2.05, 4.69) is 19.2 Å². The highest BCUT2D eigenvalue weighted by Crippen LogP contribution is 2.14. The lowest BCUT2D eigenvalue weighted by Crippen LogP contribution is -2.19. The zero-order chi connectivity index (χ0) is 15.8. The van der Waals surface area contributed by atoms with Gasteiger partial charge < -0.3 is 10.1 Å². The highest BCUT2D eigenvalue weighted by atomic mass is 16.5. The van der Waals surface area contributed by atoms with Crippen LogP contribution in [0.1, 0.15) is 38.3 Å². The molecule has 0 fully saturated rings. The van der Waals surface area contributed by atoms with E-state index in [1.165, 1.54) is 0 Å². The fourth-order valence-electron chi connectivity index (χ4n) is 2.13. The van der Waals surface area contributed by atoms with E-state index < -0.39 is 0 Å². The van der Waals surface area contributed by atoms with Gasteiger partial charge in [0.05, 0.1) is 12.3 Å². The minimum absolute atomic E-state index is 0.0170. The van der Waals surface area contributed by atoms with E-state index in [-0.39, 0.29) is 24.4 Å². The molecular weight excluding hydrogens is 266 g/mol. The Kier molecular flexibility index (Phi) is 6.92. The summed E-state index contributed by atoms with van der Waals surface area (Å²) in [7, 11) is 1.62. The molecular formula is C17H25NO3. The number of hydrogen-bond donors (Lipinski definition) is 1. The second-order valence-corrected chi connectivity index (χ2v) is 5.80. The van der Waals surface area contributed by atoms with Crippen molar-refractivity contribution in [2.45, 2.75) is 40.2 Å². The van der Waals surface area contributed by atoms with Gasteiger partial charge in [-0.15, -0.1) is 0 Å². The molecule has 0 aliphatic carbocycles. The lowest BCUT2D eigenvalue weighted by atomic mass is 9.99. The second kappa shape index (κ2) is 8.45. The summed E-state index contributed by atoms with van der Waals surface area (Å²) in [5, 5.41) is 2.59. The van der Waals surface area contributed by atoms with Gasteiger partial charge in [-0.2, -0.15) is 0 Å². The number of benzene rings is 1. The smallest absolute Gasteiger partial charge is 0.308 e. The first-order valence-corrected chi connectivity index (χ1v) is 7.37. The van der Waals surface area contributed by atoms with Crippen molar-refractivity contribution in [3.05, 3.63) is 35.4 Å². The molecule has 1 atom stereocenters. The van der Waals surface area contributed by atoms with Gasteiger partial charge in [0.25, 0.3) is 0 Å². The van der Waals surface area contributed by atoms with Gasteiger partial charge >= 0.3 is 5.97 Å². The Morgan fingerprint density at radius 2 is 1.67 bits per heavy atom. The number of carbonyl (C=O) groups excluding carboxylic acids is 2. The third-order valence-electron chi connectivity index (χ3n) is 3.27. The molecule has 0 spiro atoms. The van der Waals surface area contributed by atoms with E-state index in [1.54, 1.807) is 7.05 Å². The third kappa shape index (κ3) is 6.43. The average molecular weight is 291 g/mol. The highest BCUT2D eigenvalue weighted by Gasteiger charge is 2.15. The molecule has 1 unspecified atom stereocenters. The Bertz CT molecular complexity index is 465. The van der Waals surface area contributed by atoms with E-state index in [1.807, 2.05) is 31.2 Å². The maximum atomic E-state index is 11.8. The van der Waals surface area contributed by atoms with Gasteiger partial charge in [-0.05, 0) is 23.5 Å². The Labute approximate surface area is 126 Å². The molecule has 0 aliphatic heterocycles. The normalized spacial score (nSPS) is 12.0. The van der Waals surface area contributed by atoms with E-state index in [0.717, 1.165) is 17.5 Å². The van der Waals surface area contributed by atoms with E-state index in [0.29, 0.717) is 12.3 Å². The lowest BCUT2D eigenvalue weighted by Gasteiger charge is -2.13. The minimum Gasteiger partial charge on any atom is -0.461 e. The van der Waals surface area contributed by atoms with Crippen LogP contribution >= 0.6 is 0 Å². The first kappa shape index (κ1) is 17.2. The third-order valence-corrected chi connectivity index (χ3v) is 3.27. The van der Waals surface area contributed by atoms with Gasteiger partial charge in [-0.3, -0.25) is 9.59 Å². The van der Waals surface area contributed by atoms with Gasteiger partial charge in [0.1, 0.15) is 6.61 Å². The molecule has 1 rings (SSSR count). The molecule has 116 valence electrons. The van der Waals surface area contributed by atoms with Crippen molar-refractivity contribution in [2.75, 3.05) is 7.05 Å². The predicted octanol–water partition coefficient (Wildman–Crippen LogP) is 2.70.